The molecule has 0 spiro atoms. The maximum Gasteiger partial charge on any atom is 0.326 e. The van der Waals surface area contributed by atoms with Crippen LogP contribution in [0.2, 0.25) is 0 Å². The Hall–Kier alpha value is -2.38. The second kappa shape index (κ2) is 15.5. The molecule has 3 atom stereocenters. The van der Waals surface area contributed by atoms with Gasteiger partial charge in [-0.2, -0.15) is 11.8 Å². The first-order valence-electron chi connectivity index (χ1n) is 9.45. The van der Waals surface area contributed by atoms with E-state index in [0.717, 1.165) is 6.42 Å². The maximum atomic E-state index is 12.4. The third-order valence-corrected chi connectivity index (χ3v) is 4.66. The van der Waals surface area contributed by atoms with Crippen LogP contribution in [0, 0.1) is 0 Å². The molecule has 0 aromatic heterocycles. The van der Waals surface area contributed by atoms with Crippen LogP contribution < -0.4 is 33.2 Å². The first-order chi connectivity index (χ1) is 14.1. The van der Waals surface area contributed by atoms with E-state index >= 15 is 0 Å². The van der Waals surface area contributed by atoms with Crippen LogP contribution >= 0.6 is 11.8 Å². The molecule has 30 heavy (non-hydrogen) atoms. The average molecular weight is 449 g/mol. The zero-order valence-corrected chi connectivity index (χ0v) is 17.8. The lowest BCUT2D eigenvalue weighted by atomic mass is 10.1. The molecule has 0 heterocycles. The normalized spacial score (nSPS) is 13.6. The molecule has 12 nitrogen and oxygen atoms in total. The second-order valence-corrected chi connectivity index (χ2v) is 7.57. The molecule has 3 unspecified atom stereocenters. The highest BCUT2D eigenvalue weighted by atomic mass is 32.2. The summed E-state index contributed by atoms with van der Waals surface area (Å²) < 4.78 is 0. The van der Waals surface area contributed by atoms with E-state index in [0.29, 0.717) is 25.1 Å². The van der Waals surface area contributed by atoms with Crippen molar-refractivity contribution in [1.29, 1.82) is 0 Å². The van der Waals surface area contributed by atoms with Crippen LogP contribution in [-0.2, 0) is 24.0 Å². The van der Waals surface area contributed by atoms with Crippen LogP contribution in [0.1, 0.15) is 32.1 Å². The van der Waals surface area contributed by atoms with Gasteiger partial charge in [0.25, 0.3) is 0 Å². The number of amides is 4. The molecule has 0 rings (SSSR count). The van der Waals surface area contributed by atoms with E-state index in [9.17, 15) is 24.0 Å². The molecule has 0 aliphatic heterocycles. The Balaban J connectivity index is 4.77. The molecular formula is C17H32N6O6S. The number of carboxylic acids is 1. The van der Waals surface area contributed by atoms with Crippen molar-refractivity contribution >= 4 is 41.4 Å². The van der Waals surface area contributed by atoms with Crippen LogP contribution in [0.25, 0.3) is 0 Å². The van der Waals surface area contributed by atoms with E-state index in [1.54, 1.807) is 6.26 Å². The summed E-state index contributed by atoms with van der Waals surface area (Å²) in [7, 11) is 0. The van der Waals surface area contributed by atoms with Crippen LogP contribution in [0.4, 0.5) is 0 Å². The van der Waals surface area contributed by atoms with E-state index in [1.165, 1.54) is 11.8 Å². The zero-order valence-electron chi connectivity index (χ0n) is 17.0. The van der Waals surface area contributed by atoms with Crippen LogP contribution in [-0.4, -0.2) is 77.9 Å². The highest BCUT2D eigenvalue weighted by Gasteiger charge is 2.27. The number of nitrogens with two attached hydrogens (primary N) is 3. The predicted molar refractivity (Wildman–Crippen MR) is 112 cm³/mol. The van der Waals surface area contributed by atoms with Gasteiger partial charge >= 0.3 is 5.97 Å². The molecular weight excluding hydrogens is 416 g/mol. The Morgan fingerprint density at radius 3 is 2.20 bits per heavy atom. The molecule has 13 heteroatoms. The van der Waals surface area contributed by atoms with Crippen LogP contribution in [0.3, 0.4) is 0 Å². The molecule has 0 radical (unpaired) electrons. The third-order valence-electron chi connectivity index (χ3n) is 4.01. The first-order valence-corrected chi connectivity index (χ1v) is 10.8. The van der Waals surface area contributed by atoms with Gasteiger partial charge in [0.05, 0.1) is 19.0 Å². The fraction of sp³-hybridized carbons (Fsp3) is 0.706. The van der Waals surface area contributed by atoms with Crippen molar-refractivity contribution in [2.75, 3.05) is 25.1 Å². The number of thioether (sulfide) groups is 1. The Labute approximate surface area is 179 Å². The van der Waals surface area contributed by atoms with Crippen molar-refractivity contribution in [3.8, 4) is 0 Å². The van der Waals surface area contributed by atoms with Gasteiger partial charge in [0, 0.05) is 0 Å². The van der Waals surface area contributed by atoms with E-state index in [1.807, 2.05) is 0 Å². The quantitative estimate of drug-likeness (QED) is 0.121. The highest BCUT2D eigenvalue weighted by Crippen LogP contribution is 2.03. The van der Waals surface area contributed by atoms with Crippen molar-refractivity contribution in [2.24, 2.45) is 17.2 Å². The van der Waals surface area contributed by atoms with E-state index in [-0.39, 0.29) is 6.42 Å². The number of unbranched alkanes of at least 4 members (excludes halogenated alkanes) is 1. The van der Waals surface area contributed by atoms with Gasteiger partial charge in [-0.05, 0) is 37.8 Å². The average Bonchev–Trinajstić information content (AvgIpc) is 2.68. The molecule has 0 aromatic rings. The predicted octanol–water partition coefficient (Wildman–Crippen LogP) is -2.76. The summed E-state index contributed by atoms with van der Waals surface area (Å²) in [5, 5.41) is 16.1. The summed E-state index contributed by atoms with van der Waals surface area (Å²) in [5.41, 5.74) is 16.1. The molecule has 10 N–H and O–H groups in total. The topological polar surface area (TPSA) is 220 Å². The maximum absolute atomic E-state index is 12.4. The number of nitrogens with one attached hydrogen (secondary N) is 3. The van der Waals surface area contributed by atoms with E-state index in [2.05, 4.69) is 16.0 Å². The fourth-order valence-electron chi connectivity index (χ4n) is 2.36. The van der Waals surface area contributed by atoms with Crippen molar-refractivity contribution in [2.45, 2.75) is 50.2 Å². The van der Waals surface area contributed by atoms with Crippen LogP contribution in [0.15, 0.2) is 0 Å². The lowest BCUT2D eigenvalue weighted by Gasteiger charge is -2.21. The summed E-state index contributed by atoms with van der Waals surface area (Å²) in [6, 6.07) is -3.32. The third kappa shape index (κ3) is 12.2. The molecule has 0 saturated heterocycles. The van der Waals surface area contributed by atoms with Gasteiger partial charge in [-0.1, -0.05) is 6.42 Å². The molecule has 4 amide bonds. The number of hydrogen-bond acceptors (Lipinski definition) is 8. The molecule has 172 valence electrons. The number of primary amides is 1. The summed E-state index contributed by atoms with van der Waals surface area (Å²) >= 11 is 1.42. The van der Waals surface area contributed by atoms with Gasteiger partial charge in [-0.15, -0.1) is 0 Å². The van der Waals surface area contributed by atoms with Gasteiger partial charge in [0.15, 0.2) is 0 Å². The fourth-order valence-corrected chi connectivity index (χ4v) is 2.83. The van der Waals surface area contributed by atoms with Gasteiger partial charge in [-0.3, -0.25) is 19.2 Å². The van der Waals surface area contributed by atoms with Gasteiger partial charge in [-0.25, -0.2) is 4.79 Å². The zero-order chi connectivity index (χ0) is 23.1. The molecule has 0 saturated carbocycles. The standard InChI is InChI=1S/C17H32N6O6S/c1-30-7-5-11(16(27)23-12(17(28)29)8-13(20)24)22-14(25)9-21-15(26)10(19)4-2-3-6-18/h10-12H,2-9,18-19H2,1H3,(H2,20,24)(H,21,26)(H,22,25)(H,23,27)(H,28,29). The smallest absolute Gasteiger partial charge is 0.326 e. The Morgan fingerprint density at radius 2 is 1.67 bits per heavy atom. The number of aliphatic carboxylic acids is 1. The number of carboxylic acid groups (broad SMARTS) is 1. The van der Waals surface area contributed by atoms with Crippen molar-refractivity contribution in [3.05, 3.63) is 0 Å². The summed E-state index contributed by atoms with van der Waals surface area (Å²) in [6.07, 6.45) is 3.29. The lowest BCUT2D eigenvalue weighted by Crippen LogP contribution is -2.54. The van der Waals surface area contributed by atoms with Crippen LogP contribution in [0.5, 0.6) is 0 Å². The van der Waals surface area contributed by atoms with Crippen molar-refractivity contribution < 1.29 is 29.1 Å². The van der Waals surface area contributed by atoms with E-state index < -0.39 is 60.7 Å². The van der Waals surface area contributed by atoms with Gasteiger partial charge < -0.3 is 38.3 Å². The summed E-state index contributed by atoms with van der Waals surface area (Å²) in [6.45, 7) is 0.106. The Morgan fingerprint density at radius 1 is 1.00 bits per heavy atom. The minimum Gasteiger partial charge on any atom is -0.480 e. The number of rotatable bonds is 16. The number of carbonyl (C=O) groups is 5. The molecule has 0 fully saturated rings. The monoisotopic (exact) mass is 448 g/mol. The lowest BCUT2D eigenvalue weighted by molar-refractivity contribution is -0.143. The second-order valence-electron chi connectivity index (χ2n) is 6.58. The SMILES string of the molecule is CSCCC(NC(=O)CNC(=O)C(N)CCCCN)C(=O)NC(CC(N)=O)C(=O)O. The minimum atomic E-state index is -1.50. The Bertz CT molecular complexity index is 605. The number of carbonyl (C=O) groups excluding carboxylic acids is 4. The highest BCUT2D eigenvalue weighted by molar-refractivity contribution is 7.98. The molecule has 0 bridgehead atoms. The minimum absolute atomic E-state index is 0.216. The molecule has 0 aromatic carbocycles. The summed E-state index contributed by atoms with van der Waals surface area (Å²) in [5.74, 6) is -3.72. The van der Waals surface area contributed by atoms with Gasteiger partial charge in [0.1, 0.15) is 12.1 Å². The van der Waals surface area contributed by atoms with Gasteiger partial charge in [0.2, 0.25) is 23.6 Å². The van der Waals surface area contributed by atoms with Crippen molar-refractivity contribution in [3.63, 3.8) is 0 Å². The van der Waals surface area contributed by atoms with E-state index in [4.69, 9.17) is 22.3 Å². The summed E-state index contributed by atoms with van der Waals surface area (Å²) in [4.78, 5) is 58.6. The number of hydrogen-bond donors (Lipinski definition) is 7. The Kier molecular flexibility index (Phi) is 14.2. The first kappa shape index (κ1) is 27.6. The van der Waals surface area contributed by atoms with Crippen molar-refractivity contribution in [1.82, 2.24) is 16.0 Å². The molecule has 0 aliphatic carbocycles. The molecule has 0 aliphatic rings. The largest absolute Gasteiger partial charge is 0.480 e.